The molecule has 0 saturated heterocycles. The van der Waals surface area contributed by atoms with Gasteiger partial charge in [-0.05, 0) is 30.7 Å². The molecule has 0 aliphatic carbocycles. The normalized spacial score (nSPS) is 11.3. The molecule has 0 atom stereocenters. The van der Waals surface area contributed by atoms with Crippen molar-refractivity contribution in [1.82, 2.24) is 0 Å². The second-order valence-electron chi connectivity index (χ2n) is 2.55. The number of methoxy groups -OCH3 is 1. The highest BCUT2D eigenvalue weighted by molar-refractivity contribution is 5.51. The average Bonchev–Trinajstić information content (AvgIpc) is 2.09. The number of ether oxygens (including phenoxy) is 1. The van der Waals surface area contributed by atoms with E-state index in [-0.39, 0.29) is 5.75 Å². The summed E-state index contributed by atoms with van der Waals surface area (Å²) in [4.78, 5) is 0. The lowest BCUT2D eigenvalue weighted by atomic mass is 10.2. The summed E-state index contributed by atoms with van der Waals surface area (Å²) in [5, 5.41) is 9.00. The number of phenolic OH excluding ortho intramolecular Hbond substituents is 1. The second-order valence-corrected chi connectivity index (χ2v) is 2.55. The number of allylic oxidation sites excluding steroid dienone is 1. The van der Waals surface area contributed by atoms with E-state index in [1.165, 1.54) is 0 Å². The summed E-state index contributed by atoms with van der Waals surface area (Å²) < 4.78 is 4.98. The summed E-state index contributed by atoms with van der Waals surface area (Å²) >= 11 is 0. The van der Waals surface area contributed by atoms with Gasteiger partial charge in [-0.15, -0.1) is 0 Å². The van der Waals surface area contributed by atoms with Crippen molar-refractivity contribution >= 4 is 6.08 Å². The molecule has 1 rings (SSSR count). The van der Waals surface area contributed by atoms with Gasteiger partial charge in [-0.2, -0.15) is 0 Å². The molecule has 12 heavy (non-hydrogen) atoms. The van der Waals surface area contributed by atoms with E-state index in [4.69, 9.17) is 9.84 Å². The number of phenols is 1. The molecule has 0 saturated carbocycles. The first kappa shape index (κ1) is 8.65. The lowest BCUT2D eigenvalue weighted by Gasteiger charge is -1.98. The Morgan fingerprint density at radius 3 is 2.42 bits per heavy atom. The van der Waals surface area contributed by atoms with Crippen molar-refractivity contribution in [2.24, 2.45) is 0 Å². The molecule has 0 heterocycles. The molecular weight excluding hydrogens is 152 g/mol. The maximum Gasteiger partial charge on any atom is 0.115 e. The van der Waals surface area contributed by atoms with Crippen LogP contribution in [0.5, 0.6) is 5.75 Å². The second kappa shape index (κ2) is 3.81. The predicted molar refractivity (Wildman–Crippen MR) is 48.8 cm³/mol. The molecule has 0 unspecified atom stereocenters. The van der Waals surface area contributed by atoms with Crippen molar-refractivity contribution in [1.29, 1.82) is 0 Å². The van der Waals surface area contributed by atoms with Crippen LogP contribution in [0.4, 0.5) is 0 Å². The molecule has 0 bridgehead atoms. The third-order valence-electron chi connectivity index (χ3n) is 1.58. The third kappa shape index (κ3) is 2.31. The fraction of sp³-hybridized carbons (Fsp3) is 0.200. The maximum atomic E-state index is 9.00. The highest BCUT2D eigenvalue weighted by atomic mass is 16.5. The smallest absolute Gasteiger partial charge is 0.115 e. The van der Waals surface area contributed by atoms with Crippen LogP contribution in [0.15, 0.2) is 30.0 Å². The van der Waals surface area contributed by atoms with E-state index in [0.717, 1.165) is 11.3 Å². The fourth-order valence-corrected chi connectivity index (χ4v) is 0.864. The van der Waals surface area contributed by atoms with E-state index < -0.39 is 0 Å². The molecule has 2 heteroatoms. The summed E-state index contributed by atoms with van der Waals surface area (Å²) in [7, 11) is 1.63. The Hall–Kier alpha value is -1.44. The van der Waals surface area contributed by atoms with Crippen molar-refractivity contribution < 1.29 is 9.84 Å². The van der Waals surface area contributed by atoms with Crippen LogP contribution in [0.25, 0.3) is 6.08 Å². The van der Waals surface area contributed by atoms with Crippen molar-refractivity contribution in [3.63, 3.8) is 0 Å². The molecule has 0 fully saturated rings. The first-order chi connectivity index (χ1) is 5.72. The molecule has 1 aromatic rings. The first-order valence-corrected chi connectivity index (χ1v) is 3.73. The molecule has 1 aromatic carbocycles. The van der Waals surface area contributed by atoms with E-state index in [2.05, 4.69) is 0 Å². The summed E-state index contributed by atoms with van der Waals surface area (Å²) in [6.07, 6.45) is 1.90. The van der Waals surface area contributed by atoms with Crippen LogP contribution in [0.1, 0.15) is 12.5 Å². The van der Waals surface area contributed by atoms with Gasteiger partial charge in [0.05, 0.1) is 12.9 Å². The van der Waals surface area contributed by atoms with Gasteiger partial charge in [0.2, 0.25) is 0 Å². The molecular formula is C10H12O2. The number of benzene rings is 1. The quantitative estimate of drug-likeness (QED) is 0.680. The Morgan fingerprint density at radius 2 is 1.92 bits per heavy atom. The summed E-state index contributed by atoms with van der Waals surface area (Å²) in [6.45, 7) is 1.88. The molecule has 0 aliphatic heterocycles. The molecule has 2 nitrogen and oxygen atoms in total. The van der Waals surface area contributed by atoms with E-state index in [1.807, 2.05) is 25.1 Å². The fourth-order valence-electron chi connectivity index (χ4n) is 0.864. The SMILES string of the molecule is CO/C(C)=C/c1ccc(O)cc1. The highest BCUT2D eigenvalue weighted by Crippen LogP contribution is 2.12. The number of rotatable bonds is 2. The highest BCUT2D eigenvalue weighted by Gasteiger charge is 1.90. The van der Waals surface area contributed by atoms with E-state index in [0.29, 0.717) is 0 Å². The standard InChI is InChI=1S/C10H12O2/c1-8(12-2)7-9-3-5-10(11)6-4-9/h3-7,11H,1-2H3/b8-7+. The molecule has 0 amide bonds. The van der Waals surface area contributed by atoms with Gasteiger partial charge in [0.25, 0.3) is 0 Å². The Bertz CT molecular complexity index is 272. The maximum absolute atomic E-state index is 9.00. The van der Waals surface area contributed by atoms with Crippen LogP contribution in [-0.2, 0) is 4.74 Å². The summed E-state index contributed by atoms with van der Waals surface area (Å²) in [5.74, 6) is 1.13. The zero-order valence-corrected chi connectivity index (χ0v) is 7.24. The molecule has 1 N–H and O–H groups in total. The van der Waals surface area contributed by atoms with Crippen LogP contribution >= 0.6 is 0 Å². The van der Waals surface area contributed by atoms with E-state index in [1.54, 1.807) is 19.2 Å². The topological polar surface area (TPSA) is 29.5 Å². The Labute approximate surface area is 72.1 Å². The largest absolute Gasteiger partial charge is 0.508 e. The van der Waals surface area contributed by atoms with Gasteiger partial charge >= 0.3 is 0 Å². The van der Waals surface area contributed by atoms with Gasteiger partial charge in [0.1, 0.15) is 5.75 Å². The zero-order valence-electron chi connectivity index (χ0n) is 7.24. The minimum Gasteiger partial charge on any atom is -0.508 e. The lowest BCUT2D eigenvalue weighted by molar-refractivity contribution is 0.297. The predicted octanol–water partition coefficient (Wildman–Crippen LogP) is 2.40. The van der Waals surface area contributed by atoms with Gasteiger partial charge in [-0.1, -0.05) is 12.1 Å². The first-order valence-electron chi connectivity index (χ1n) is 3.73. The average molecular weight is 164 g/mol. The summed E-state index contributed by atoms with van der Waals surface area (Å²) in [6, 6.07) is 6.96. The molecule has 0 radical (unpaired) electrons. The van der Waals surface area contributed by atoms with Gasteiger partial charge < -0.3 is 9.84 Å². The molecule has 0 aliphatic rings. The van der Waals surface area contributed by atoms with Gasteiger partial charge in [0.15, 0.2) is 0 Å². The number of hydrogen-bond acceptors (Lipinski definition) is 2. The van der Waals surface area contributed by atoms with Crippen molar-refractivity contribution in [3.8, 4) is 5.75 Å². The van der Waals surface area contributed by atoms with Crippen molar-refractivity contribution in [2.75, 3.05) is 7.11 Å². The van der Waals surface area contributed by atoms with Crippen LogP contribution in [0, 0.1) is 0 Å². The van der Waals surface area contributed by atoms with Gasteiger partial charge in [-0.3, -0.25) is 0 Å². The number of hydrogen-bond donors (Lipinski definition) is 1. The van der Waals surface area contributed by atoms with Crippen molar-refractivity contribution in [3.05, 3.63) is 35.6 Å². The molecule has 0 spiro atoms. The van der Waals surface area contributed by atoms with E-state index >= 15 is 0 Å². The van der Waals surface area contributed by atoms with Crippen LogP contribution < -0.4 is 0 Å². The Kier molecular flexibility index (Phi) is 2.75. The minimum absolute atomic E-state index is 0.280. The minimum atomic E-state index is 0.280. The lowest BCUT2D eigenvalue weighted by Crippen LogP contribution is -1.79. The molecule has 64 valence electrons. The van der Waals surface area contributed by atoms with Gasteiger partial charge in [0, 0.05) is 0 Å². The van der Waals surface area contributed by atoms with Gasteiger partial charge in [-0.25, -0.2) is 0 Å². The van der Waals surface area contributed by atoms with Crippen LogP contribution in [-0.4, -0.2) is 12.2 Å². The van der Waals surface area contributed by atoms with Crippen LogP contribution in [0.3, 0.4) is 0 Å². The Balaban J connectivity index is 2.84. The third-order valence-corrected chi connectivity index (χ3v) is 1.58. The Morgan fingerprint density at radius 1 is 1.33 bits per heavy atom. The molecule has 0 aromatic heterocycles. The van der Waals surface area contributed by atoms with E-state index in [9.17, 15) is 0 Å². The summed E-state index contributed by atoms with van der Waals surface area (Å²) in [5.41, 5.74) is 1.02. The number of aromatic hydroxyl groups is 1. The van der Waals surface area contributed by atoms with Crippen molar-refractivity contribution in [2.45, 2.75) is 6.92 Å². The zero-order chi connectivity index (χ0) is 8.97. The van der Waals surface area contributed by atoms with Crippen LogP contribution in [0.2, 0.25) is 0 Å². The monoisotopic (exact) mass is 164 g/mol.